The van der Waals surface area contributed by atoms with Crippen LogP contribution in [-0.2, 0) is 21.7 Å². The average Bonchev–Trinajstić information content (AvgIpc) is 0.792. The van der Waals surface area contributed by atoms with Crippen LogP contribution in [0.3, 0.4) is 0 Å². The van der Waals surface area contributed by atoms with E-state index >= 15 is 0 Å². The minimum atomic E-state index is -0.102. The number of aromatic nitrogens is 6. The first kappa shape index (κ1) is 65.1. The Kier molecular flexibility index (Phi) is 19.1. The van der Waals surface area contributed by atoms with Crippen LogP contribution < -0.4 is 0 Å². The van der Waals surface area contributed by atoms with Crippen LogP contribution in [0.25, 0.3) is 102 Å². The van der Waals surface area contributed by atoms with Crippen molar-refractivity contribution in [2.45, 2.75) is 181 Å². The van der Waals surface area contributed by atoms with Gasteiger partial charge in [-0.2, -0.15) is 0 Å². The summed E-state index contributed by atoms with van der Waals surface area (Å²) in [4.78, 5) is 30.1. The third-order valence-corrected chi connectivity index (χ3v) is 19.2. The topological polar surface area (TPSA) is 77.3 Å². The number of benzene rings is 9. The van der Waals surface area contributed by atoms with Crippen LogP contribution in [0.2, 0.25) is 0 Å². The zero-order valence-electron chi connectivity index (χ0n) is 57.7. The molecule has 11 aromatic rings. The molecule has 2 heterocycles. The number of nitrogens with zero attached hydrogens (tertiary/aromatic N) is 6. The van der Waals surface area contributed by atoms with Crippen LogP contribution in [-0.4, -0.2) is 29.9 Å². The molecular weight excluding hydrogens is 1140 g/mol. The Morgan fingerprint density at radius 1 is 0.213 bits per heavy atom. The predicted molar refractivity (Wildman–Crippen MR) is 395 cm³/mol. The minimum Gasteiger partial charge on any atom is -0.208 e. The first-order valence-corrected chi connectivity index (χ1v) is 34.5. The largest absolute Gasteiger partial charge is 0.208 e. The van der Waals surface area contributed by atoms with E-state index in [1.54, 1.807) is 11.1 Å². The molecule has 0 spiro atoms. The van der Waals surface area contributed by atoms with Gasteiger partial charge in [-0.1, -0.05) is 316 Å². The summed E-state index contributed by atoms with van der Waals surface area (Å²) >= 11 is 0. The normalized spacial score (nSPS) is 14.3. The number of hydrogen-bond acceptors (Lipinski definition) is 6. The smallest absolute Gasteiger partial charge is 0.164 e. The Bertz CT molecular complexity index is 4210. The zero-order chi connectivity index (χ0) is 65.8. The highest BCUT2D eigenvalue weighted by molar-refractivity contribution is 5.80. The van der Waals surface area contributed by atoms with Crippen LogP contribution in [0.15, 0.2) is 218 Å². The summed E-state index contributed by atoms with van der Waals surface area (Å²) < 4.78 is 0. The Balaban J connectivity index is 0.000000184. The lowest BCUT2D eigenvalue weighted by Gasteiger charge is -2.27. The van der Waals surface area contributed by atoms with Crippen LogP contribution >= 0.6 is 0 Å². The summed E-state index contributed by atoms with van der Waals surface area (Å²) in [6.45, 7) is 27.6. The molecule has 6 nitrogen and oxygen atoms in total. The molecule has 0 radical (unpaired) electrons. The fraction of sp³-hybridized carbons (Fsp3) is 0.318. The highest BCUT2D eigenvalue weighted by Gasteiger charge is 2.26. The molecule has 94 heavy (non-hydrogen) atoms. The second-order valence-electron chi connectivity index (χ2n) is 30.6. The summed E-state index contributed by atoms with van der Waals surface area (Å²) in [6.07, 6.45) is 13.5. The van der Waals surface area contributed by atoms with Crippen molar-refractivity contribution in [1.29, 1.82) is 0 Å². The van der Waals surface area contributed by atoms with Gasteiger partial charge in [0, 0.05) is 33.4 Å². The maximum Gasteiger partial charge on any atom is 0.164 e. The molecule has 0 unspecified atom stereocenters. The highest BCUT2D eigenvalue weighted by Crippen LogP contribution is 2.43. The Morgan fingerprint density at radius 2 is 0.457 bits per heavy atom. The van der Waals surface area contributed by atoms with E-state index in [4.69, 9.17) is 29.9 Å². The second kappa shape index (κ2) is 27.5. The van der Waals surface area contributed by atoms with Crippen molar-refractivity contribution in [3.05, 3.63) is 252 Å². The van der Waals surface area contributed by atoms with Gasteiger partial charge < -0.3 is 0 Å². The summed E-state index contributed by atoms with van der Waals surface area (Å²) in [7, 11) is 0. The Labute approximate surface area is 561 Å². The maximum absolute atomic E-state index is 5.12. The van der Waals surface area contributed by atoms with Gasteiger partial charge in [-0.15, -0.1) is 0 Å². The van der Waals surface area contributed by atoms with Crippen molar-refractivity contribution in [1.82, 2.24) is 29.9 Å². The van der Waals surface area contributed by atoms with Crippen LogP contribution in [0.5, 0.6) is 0 Å². The number of rotatable bonds is 11. The van der Waals surface area contributed by atoms with Gasteiger partial charge in [0.05, 0.1) is 0 Å². The molecule has 2 aromatic heterocycles. The van der Waals surface area contributed by atoms with Gasteiger partial charge in [0.25, 0.3) is 0 Å². The average molecular weight is 1240 g/mol. The molecule has 0 saturated heterocycles. The molecule has 13 rings (SSSR count). The molecule has 2 saturated carbocycles. The molecule has 2 aliphatic carbocycles. The van der Waals surface area contributed by atoms with Crippen molar-refractivity contribution in [2.75, 3.05) is 0 Å². The van der Waals surface area contributed by atoms with E-state index in [9.17, 15) is 0 Å². The van der Waals surface area contributed by atoms with E-state index in [0.29, 0.717) is 46.8 Å². The van der Waals surface area contributed by atoms with Gasteiger partial charge in [0.15, 0.2) is 34.9 Å². The lowest BCUT2D eigenvalue weighted by Crippen LogP contribution is -2.16. The molecule has 0 atom stereocenters. The molecule has 0 bridgehead atoms. The van der Waals surface area contributed by atoms with E-state index in [1.807, 2.05) is 72.8 Å². The summed E-state index contributed by atoms with van der Waals surface area (Å²) in [5.41, 5.74) is 21.6. The fourth-order valence-corrected chi connectivity index (χ4v) is 13.3. The van der Waals surface area contributed by atoms with E-state index in [1.165, 1.54) is 114 Å². The molecule has 476 valence electrons. The van der Waals surface area contributed by atoms with E-state index in [-0.39, 0.29) is 21.7 Å². The fourth-order valence-electron chi connectivity index (χ4n) is 13.3. The first-order valence-electron chi connectivity index (χ1n) is 34.5. The molecule has 2 fully saturated rings. The van der Waals surface area contributed by atoms with Gasteiger partial charge in [0.1, 0.15) is 0 Å². The maximum atomic E-state index is 5.12. The van der Waals surface area contributed by atoms with Crippen molar-refractivity contribution in [2.24, 2.45) is 0 Å². The molecule has 0 N–H and O–H groups in total. The van der Waals surface area contributed by atoms with Crippen LogP contribution in [0.1, 0.15) is 193 Å². The number of hydrogen-bond donors (Lipinski definition) is 0. The lowest BCUT2D eigenvalue weighted by atomic mass is 9.77. The van der Waals surface area contributed by atoms with Crippen molar-refractivity contribution < 1.29 is 0 Å². The lowest BCUT2D eigenvalue weighted by molar-refractivity contribution is 0.435. The van der Waals surface area contributed by atoms with Crippen molar-refractivity contribution in [3.63, 3.8) is 0 Å². The van der Waals surface area contributed by atoms with Crippen molar-refractivity contribution in [3.8, 4) is 102 Å². The van der Waals surface area contributed by atoms with Gasteiger partial charge in [-0.3, -0.25) is 0 Å². The predicted octanol–water partition coefficient (Wildman–Crippen LogP) is 24.0. The van der Waals surface area contributed by atoms with Crippen LogP contribution in [0.4, 0.5) is 0 Å². The van der Waals surface area contributed by atoms with Gasteiger partial charge in [-0.25, -0.2) is 29.9 Å². The third-order valence-electron chi connectivity index (χ3n) is 19.2. The van der Waals surface area contributed by atoms with Gasteiger partial charge in [-0.05, 0) is 150 Å². The SMILES string of the molecule is CC(C)(C)c1cc(-c2cc(-c3nc(-c4ccccc4)nc(-c4ccccc4)n3)cc(C(C)(C)C)c2)cc(-c2cc(C(C)(C)C)cc(C(C)(C)C)c2)c1.c1ccc(-c2nc(-c3ccccc3)nc(-c3cccc(-c4cc(C5CCCCC5)cc(C5CCCCC5)c4)c3)n2)cc1. The van der Waals surface area contributed by atoms with E-state index in [2.05, 4.69) is 229 Å². The molecule has 0 aliphatic heterocycles. The van der Waals surface area contributed by atoms with Crippen LogP contribution in [0, 0.1) is 0 Å². The van der Waals surface area contributed by atoms with Crippen molar-refractivity contribution >= 4 is 0 Å². The summed E-state index contributed by atoms with van der Waals surface area (Å²) in [5.74, 6) is 5.48. The highest BCUT2D eigenvalue weighted by atomic mass is 15.0. The standard InChI is InChI=1S/C49H55N3.C39H39N3/c1-46(2,3)39-25-34(23-35(26-39)37-28-41(48(7,8)9)31-42(29-37)49(10,11)12)36-24-38(30-40(27-36)47(4,5)6)45-51-43(32-19-15-13-16-20-32)50-44(52-45)33-21-17-14-18-22-33;1-5-14-28(15-6-1)34-25-35(29-16-7-2-8-17-29)27-36(26-34)32-22-13-23-33(24-32)39-41-37(30-18-9-3-10-19-30)40-38(42-39)31-20-11-4-12-21-31/h13-31H,1-12H3;3-4,9-13,18-29H,1-2,5-8,14-17H2. The monoisotopic (exact) mass is 1230 g/mol. The third kappa shape index (κ3) is 15.6. The quantitative estimate of drug-likeness (QED) is 0.128. The second-order valence-corrected chi connectivity index (χ2v) is 30.6. The zero-order valence-corrected chi connectivity index (χ0v) is 57.7. The Hall–Kier alpha value is -9.00. The summed E-state index contributed by atoms with van der Waals surface area (Å²) in [6, 6.07) is 78.5. The van der Waals surface area contributed by atoms with Gasteiger partial charge in [0.2, 0.25) is 0 Å². The summed E-state index contributed by atoms with van der Waals surface area (Å²) in [5, 5.41) is 0. The van der Waals surface area contributed by atoms with E-state index in [0.717, 1.165) is 38.9 Å². The van der Waals surface area contributed by atoms with Gasteiger partial charge >= 0.3 is 0 Å². The molecule has 9 aromatic carbocycles. The Morgan fingerprint density at radius 3 is 0.798 bits per heavy atom. The molecular formula is C88H94N6. The first-order chi connectivity index (χ1) is 45.1. The molecule has 2 aliphatic rings. The minimum absolute atomic E-state index is 0.0260. The molecule has 0 amide bonds. The van der Waals surface area contributed by atoms with E-state index < -0.39 is 0 Å². The molecule has 6 heteroatoms.